The number of carbonyl (C=O) groups excluding carboxylic acids is 2. The van der Waals surface area contributed by atoms with Gasteiger partial charge < -0.3 is 4.74 Å². The minimum atomic E-state index is -0.318. The van der Waals surface area contributed by atoms with Crippen LogP contribution in [-0.2, 0) is 14.3 Å². The zero-order chi connectivity index (χ0) is 17.7. The molecule has 4 heteroatoms. The quantitative estimate of drug-likeness (QED) is 0.508. The average molecular weight is 399 g/mol. The number of ether oxygens (including phenoxy) is 1. The van der Waals surface area contributed by atoms with E-state index in [0.717, 1.165) is 32.1 Å². The summed E-state index contributed by atoms with van der Waals surface area (Å²) in [5, 5.41) is 0. The molecule has 3 aliphatic carbocycles. The second-order valence-corrected chi connectivity index (χ2v) is 10.0. The molecule has 0 N–H and O–H groups in total. The van der Waals surface area contributed by atoms with E-state index in [1.54, 1.807) is 0 Å². The van der Waals surface area contributed by atoms with Crippen molar-refractivity contribution >= 4 is 27.7 Å². The molecule has 0 radical (unpaired) electrons. The molecule has 0 saturated heterocycles. The summed E-state index contributed by atoms with van der Waals surface area (Å²) in [5.74, 6) is 2.11. The van der Waals surface area contributed by atoms with Gasteiger partial charge in [-0.1, -0.05) is 36.7 Å². The molecular weight excluding hydrogens is 368 g/mol. The molecule has 0 aromatic heterocycles. The molecule has 0 aliphatic heterocycles. The van der Waals surface area contributed by atoms with Crippen molar-refractivity contribution < 1.29 is 14.3 Å². The molecule has 24 heavy (non-hydrogen) atoms. The first-order chi connectivity index (χ1) is 11.3. The lowest BCUT2D eigenvalue weighted by molar-refractivity contribution is -0.175. The summed E-state index contributed by atoms with van der Waals surface area (Å²) in [6.07, 6.45) is 5.64. The maximum Gasteiger partial charge on any atom is 0.312 e. The van der Waals surface area contributed by atoms with Crippen molar-refractivity contribution in [3.63, 3.8) is 0 Å². The predicted octanol–water partition coefficient (Wildman–Crippen LogP) is 4.76. The Bertz CT molecular complexity index is 531. The highest BCUT2D eigenvalue weighted by Gasteiger charge is 2.65. The van der Waals surface area contributed by atoms with Crippen molar-refractivity contribution in [2.45, 2.75) is 71.0 Å². The average Bonchev–Trinajstić information content (AvgIpc) is 2.90. The van der Waals surface area contributed by atoms with E-state index in [0.29, 0.717) is 42.5 Å². The molecular formula is C20H31BrO3. The Labute approximate surface area is 154 Å². The highest BCUT2D eigenvalue weighted by molar-refractivity contribution is 9.10. The van der Waals surface area contributed by atoms with Crippen molar-refractivity contribution in [3.05, 3.63) is 0 Å². The largest absolute Gasteiger partial charge is 0.466 e. The molecule has 0 amide bonds. The van der Waals surface area contributed by atoms with E-state index in [1.807, 2.05) is 6.92 Å². The molecule has 0 heterocycles. The van der Waals surface area contributed by atoms with E-state index < -0.39 is 0 Å². The first kappa shape index (κ1) is 18.4. The summed E-state index contributed by atoms with van der Waals surface area (Å²) in [7, 11) is 0. The second kappa shape index (κ2) is 6.41. The predicted molar refractivity (Wildman–Crippen MR) is 97.9 cm³/mol. The van der Waals surface area contributed by atoms with Crippen LogP contribution in [0.2, 0.25) is 0 Å². The van der Waals surface area contributed by atoms with Gasteiger partial charge in [-0.15, -0.1) is 0 Å². The van der Waals surface area contributed by atoms with Crippen LogP contribution in [0.15, 0.2) is 0 Å². The van der Waals surface area contributed by atoms with E-state index in [1.165, 1.54) is 0 Å². The number of alkyl halides is 1. The number of fused-ring (bicyclic) bond motifs is 3. The van der Waals surface area contributed by atoms with Crippen molar-refractivity contribution in [3.8, 4) is 0 Å². The van der Waals surface area contributed by atoms with Crippen molar-refractivity contribution in [2.24, 2.45) is 34.5 Å². The van der Waals surface area contributed by atoms with E-state index in [4.69, 9.17) is 4.74 Å². The third kappa shape index (κ3) is 2.59. The molecule has 3 fully saturated rings. The van der Waals surface area contributed by atoms with Crippen molar-refractivity contribution in [1.82, 2.24) is 0 Å². The summed E-state index contributed by atoms with van der Waals surface area (Å²) in [4.78, 5) is 25.4. The van der Waals surface area contributed by atoms with Gasteiger partial charge in [0, 0.05) is 6.42 Å². The van der Waals surface area contributed by atoms with Gasteiger partial charge in [-0.25, -0.2) is 0 Å². The molecule has 0 unspecified atom stereocenters. The highest BCUT2D eigenvalue weighted by Crippen LogP contribution is 2.67. The van der Waals surface area contributed by atoms with E-state index in [2.05, 4.69) is 36.7 Å². The molecule has 136 valence electrons. The minimum Gasteiger partial charge on any atom is -0.466 e. The monoisotopic (exact) mass is 398 g/mol. The van der Waals surface area contributed by atoms with Gasteiger partial charge in [-0.2, -0.15) is 0 Å². The first-order valence-corrected chi connectivity index (χ1v) is 10.5. The fourth-order valence-electron chi connectivity index (χ4n) is 6.37. The number of rotatable bonds is 3. The van der Waals surface area contributed by atoms with Crippen LogP contribution in [0.5, 0.6) is 0 Å². The van der Waals surface area contributed by atoms with E-state index in [-0.39, 0.29) is 21.6 Å². The molecule has 0 spiro atoms. The lowest BCUT2D eigenvalue weighted by Crippen LogP contribution is -2.56. The third-order valence-corrected chi connectivity index (χ3v) is 8.34. The van der Waals surface area contributed by atoms with Crippen LogP contribution >= 0.6 is 15.9 Å². The normalized spacial score (nSPS) is 45.0. The van der Waals surface area contributed by atoms with Gasteiger partial charge >= 0.3 is 5.97 Å². The number of halogens is 1. The Morgan fingerprint density at radius 3 is 2.62 bits per heavy atom. The minimum absolute atomic E-state index is 0.0355. The lowest BCUT2D eigenvalue weighted by atomic mass is 9.48. The molecule has 0 aromatic carbocycles. The highest BCUT2D eigenvalue weighted by atomic mass is 79.9. The number of carbonyl (C=O) groups is 2. The molecule has 3 rings (SSSR count). The van der Waals surface area contributed by atoms with Crippen molar-refractivity contribution in [2.75, 3.05) is 6.61 Å². The first-order valence-electron chi connectivity index (χ1n) is 9.60. The lowest BCUT2D eigenvalue weighted by Gasteiger charge is -2.56. The number of Topliss-reactive ketones (excluding diaryl/α,β-unsaturated/α-hetero) is 1. The van der Waals surface area contributed by atoms with Gasteiger partial charge in [0.1, 0.15) is 5.78 Å². The molecule has 0 bridgehead atoms. The number of hydrogen-bond acceptors (Lipinski definition) is 3. The fourth-order valence-corrected chi connectivity index (χ4v) is 6.94. The van der Waals surface area contributed by atoms with Gasteiger partial charge in [0.15, 0.2) is 0 Å². The Kier molecular flexibility index (Phi) is 4.92. The van der Waals surface area contributed by atoms with Crippen LogP contribution in [-0.4, -0.2) is 23.2 Å². The summed E-state index contributed by atoms with van der Waals surface area (Å²) in [6, 6.07) is 0. The number of ketones is 1. The Hall–Kier alpha value is -0.380. The molecule has 0 aromatic rings. The van der Waals surface area contributed by atoms with Crippen molar-refractivity contribution in [1.29, 1.82) is 0 Å². The fraction of sp³-hybridized carbons (Fsp3) is 0.900. The summed E-state index contributed by atoms with van der Waals surface area (Å²) in [5.41, 5.74) is -0.255. The van der Waals surface area contributed by atoms with Crippen LogP contribution < -0.4 is 0 Å². The van der Waals surface area contributed by atoms with Crippen LogP contribution in [0.25, 0.3) is 0 Å². The van der Waals surface area contributed by atoms with Gasteiger partial charge in [-0.05, 0) is 68.1 Å². The third-order valence-electron chi connectivity index (χ3n) is 7.45. The summed E-state index contributed by atoms with van der Waals surface area (Å²) >= 11 is 3.60. The number of esters is 1. The Morgan fingerprint density at radius 2 is 2.00 bits per heavy atom. The number of hydrogen-bond donors (Lipinski definition) is 0. The Balaban J connectivity index is 2.00. The van der Waals surface area contributed by atoms with Gasteiger partial charge in [0.05, 0.1) is 16.8 Å². The van der Waals surface area contributed by atoms with Crippen LogP contribution in [0.4, 0.5) is 0 Å². The standard InChI is InChI=1S/C20H31BrO3/c1-5-24-18(23)20-9-8-19(4)11-17(22)16(21)10-15(19)14(20)7-6-13(20)12(2)3/h12-16H,5-11H2,1-4H3/t13-,14+,15+,16-,19+,20+/m1/s1. The second-order valence-electron chi connectivity index (χ2n) is 8.90. The zero-order valence-electron chi connectivity index (χ0n) is 15.4. The maximum atomic E-state index is 13.1. The molecule has 3 nitrogen and oxygen atoms in total. The molecule has 3 saturated carbocycles. The summed E-state index contributed by atoms with van der Waals surface area (Å²) < 4.78 is 5.61. The van der Waals surface area contributed by atoms with E-state index in [9.17, 15) is 9.59 Å². The van der Waals surface area contributed by atoms with Gasteiger partial charge in [0.2, 0.25) is 0 Å². The van der Waals surface area contributed by atoms with Gasteiger partial charge in [-0.3, -0.25) is 9.59 Å². The van der Waals surface area contributed by atoms with Crippen LogP contribution in [0, 0.1) is 34.5 Å². The topological polar surface area (TPSA) is 43.4 Å². The smallest absolute Gasteiger partial charge is 0.312 e. The Morgan fingerprint density at radius 1 is 1.29 bits per heavy atom. The van der Waals surface area contributed by atoms with Crippen LogP contribution in [0.3, 0.4) is 0 Å². The van der Waals surface area contributed by atoms with Gasteiger partial charge in [0.25, 0.3) is 0 Å². The zero-order valence-corrected chi connectivity index (χ0v) is 17.0. The van der Waals surface area contributed by atoms with Crippen LogP contribution in [0.1, 0.15) is 66.2 Å². The van der Waals surface area contributed by atoms with E-state index >= 15 is 0 Å². The SMILES string of the molecule is CCOC(=O)[C@]12CC[C@@]3(C)CC(=O)[C@H](Br)C[C@H]3[C@@H]1CC[C@@H]2C(C)C. The maximum absolute atomic E-state index is 13.1. The summed E-state index contributed by atoms with van der Waals surface area (Å²) in [6.45, 7) is 9.15. The molecule has 3 aliphatic rings. The molecule has 6 atom stereocenters.